The van der Waals surface area contributed by atoms with Gasteiger partial charge in [-0.3, -0.25) is 0 Å². The van der Waals surface area contributed by atoms with Crippen LogP contribution >= 0.6 is 0 Å². The van der Waals surface area contributed by atoms with Gasteiger partial charge in [-0.1, -0.05) is 0 Å². The maximum absolute atomic E-state index is 10.2. The number of rotatable bonds is 1. The van der Waals surface area contributed by atoms with Crippen LogP contribution < -0.4 is 5.73 Å². The van der Waals surface area contributed by atoms with E-state index >= 15 is 0 Å². The van der Waals surface area contributed by atoms with Crippen LogP contribution in [0.4, 0.5) is 4.79 Å². The third-order valence-corrected chi connectivity index (χ3v) is 0.772. The van der Waals surface area contributed by atoms with Gasteiger partial charge in [0.2, 0.25) is 0 Å². The second-order valence-electron chi connectivity index (χ2n) is 1.35. The number of hydrogen-bond donors (Lipinski definition) is 1. The minimum Gasteiger partial charge on any atom is -0.325 e. The third-order valence-electron chi connectivity index (χ3n) is 0.772. The Morgan fingerprint density at radius 3 is 2.75 bits per heavy atom. The average Bonchev–Trinajstić information content (AvgIpc) is 2.14. The molecule has 0 saturated heterocycles. The SMILES string of the molecule is NCC1=NC(=O)N=C1. The molecule has 0 spiro atoms. The molecule has 42 valence electrons. The molecule has 0 aromatic heterocycles. The van der Waals surface area contributed by atoms with Crippen LogP contribution in [0.1, 0.15) is 0 Å². The number of nitrogens with zero attached hydrogens (tertiary/aromatic N) is 2. The summed E-state index contributed by atoms with van der Waals surface area (Å²) in [7, 11) is 0. The number of amides is 2. The first-order valence-electron chi connectivity index (χ1n) is 2.18. The van der Waals surface area contributed by atoms with E-state index in [2.05, 4.69) is 9.98 Å². The zero-order valence-electron chi connectivity index (χ0n) is 4.16. The van der Waals surface area contributed by atoms with Gasteiger partial charge in [0, 0.05) is 6.54 Å². The fraction of sp³-hybridized carbons (Fsp3) is 0.250. The number of carbonyl (C=O) groups is 1. The summed E-state index contributed by atoms with van der Waals surface area (Å²) in [5.41, 5.74) is 5.67. The van der Waals surface area contributed by atoms with Crippen LogP contribution in [0.3, 0.4) is 0 Å². The van der Waals surface area contributed by atoms with E-state index < -0.39 is 6.03 Å². The monoisotopic (exact) mass is 111 g/mol. The Morgan fingerprint density at radius 1 is 1.75 bits per heavy atom. The third kappa shape index (κ3) is 0.788. The highest BCUT2D eigenvalue weighted by Gasteiger charge is 2.03. The van der Waals surface area contributed by atoms with Crippen molar-refractivity contribution in [1.82, 2.24) is 0 Å². The van der Waals surface area contributed by atoms with Gasteiger partial charge in [0.25, 0.3) is 0 Å². The van der Waals surface area contributed by atoms with Gasteiger partial charge in [-0.2, -0.15) is 9.98 Å². The maximum atomic E-state index is 10.2. The normalized spacial score (nSPS) is 17.1. The van der Waals surface area contributed by atoms with Crippen LogP contribution in [0.15, 0.2) is 9.98 Å². The molecule has 4 nitrogen and oxygen atoms in total. The molecule has 4 heteroatoms. The van der Waals surface area contributed by atoms with Gasteiger partial charge in [0.1, 0.15) is 0 Å². The van der Waals surface area contributed by atoms with Crippen LogP contribution in [0, 0.1) is 0 Å². The van der Waals surface area contributed by atoms with E-state index in [4.69, 9.17) is 5.73 Å². The molecule has 1 heterocycles. The number of aliphatic imine (C=N–C) groups is 2. The van der Waals surface area contributed by atoms with E-state index in [1.807, 2.05) is 0 Å². The molecule has 0 bridgehead atoms. The molecule has 0 aliphatic carbocycles. The van der Waals surface area contributed by atoms with Gasteiger partial charge in [-0.25, -0.2) is 4.79 Å². The fourth-order valence-corrected chi connectivity index (χ4v) is 0.409. The summed E-state index contributed by atoms with van der Waals surface area (Å²) in [4.78, 5) is 16.9. The topological polar surface area (TPSA) is 67.8 Å². The molecule has 0 radical (unpaired) electrons. The predicted octanol–water partition coefficient (Wildman–Crippen LogP) is -0.409. The number of urea groups is 1. The van der Waals surface area contributed by atoms with Crippen molar-refractivity contribution < 1.29 is 4.79 Å². The molecule has 0 unspecified atom stereocenters. The second-order valence-corrected chi connectivity index (χ2v) is 1.35. The van der Waals surface area contributed by atoms with Crippen molar-refractivity contribution in [3.63, 3.8) is 0 Å². The fourth-order valence-electron chi connectivity index (χ4n) is 0.409. The molecule has 2 amide bonds. The highest BCUT2D eigenvalue weighted by molar-refractivity contribution is 6.38. The summed E-state index contributed by atoms with van der Waals surface area (Å²) in [5, 5.41) is 0. The Balaban J connectivity index is 2.72. The van der Waals surface area contributed by atoms with Crippen LogP contribution in [0.25, 0.3) is 0 Å². The second kappa shape index (κ2) is 1.83. The average molecular weight is 111 g/mol. The quantitative estimate of drug-likeness (QED) is 0.499. The van der Waals surface area contributed by atoms with Crippen molar-refractivity contribution in [2.45, 2.75) is 0 Å². The summed E-state index contributed by atoms with van der Waals surface area (Å²) in [6, 6.07) is -0.453. The summed E-state index contributed by atoms with van der Waals surface area (Å²) in [5.74, 6) is 0. The number of hydrogen-bond acceptors (Lipinski definition) is 2. The molecular weight excluding hydrogens is 106 g/mol. The van der Waals surface area contributed by atoms with Gasteiger partial charge >= 0.3 is 6.03 Å². The van der Waals surface area contributed by atoms with Crippen molar-refractivity contribution in [1.29, 1.82) is 0 Å². The van der Waals surface area contributed by atoms with Gasteiger partial charge in [-0.05, 0) is 0 Å². The van der Waals surface area contributed by atoms with Gasteiger partial charge in [-0.15, -0.1) is 0 Å². The first kappa shape index (κ1) is 5.11. The Hall–Kier alpha value is -1.03. The van der Waals surface area contributed by atoms with Crippen LogP contribution in [0.2, 0.25) is 0 Å². The maximum Gasteiger partial charge on any atom is 0.367 e. The van der Waals surface area contributed by atoms with Gasteiger partial charge < -0.3 is 5.73 Å². The molecule has 0 atom stereocenters. The first-order valence-corrected chi connectivity index (χ1v) is 2.18. The minimum absolute atomic E-state index is 0.287. The molecule has 1 aliphatic rings. The molecule has 0 saturated carbocycles. The van der Waals surface area contributed by atoms with Crippen molar-refractivity contribution >= 4 is 18.0 Å². The van der Waals surface area contributed by atoms with E-state index in [-0.39, 0.29) is 6.54 Å². The summed E-state index contributed by atoms with van der Waals surface area (Å²) in [6.07, 6.45) is 1.38. The van der Waals surface area contributed by atoms with Crippen LogP contribution in [-0.4, -0.2) is 24.5 Å². The lowest BCUT2D eigenvalue weighted by Crippen LogP contribution is -2.12. The van der Waals surface area contributed by atoms with Gasteiger partial charge in [0.05, 0.1) is 11.9 Å². The number of nitrogens with two attached hydrogens (primary N) is 1. The van der Waals surface area contributed by atoms with Crippen LogP contribution in [0.5, 0.6) is 0 Å². The van der Waals surface area contributed by atoms with Crippen molar-refractivity contribution in [2.75, 3.05) is 6.54 Å². The highest BCUT2D eigenvalue weighted by Crippen LogP contribution is 1.89. The summed E-state index contributed by atoms with van der Waals surface area (Å²) >= 11 is 0. The predicted molar refractivity (Wildman–Crippen MR) is 30.4 cm³/mol. The lowest BCUT2D eigenvalue weighted by atomic mass is 10.4. The molecule has 1 rings (SSSR count). The van der Waals surface area contributed by atoms with E-state index in [1.54, 1.807) is 0 Å². The first-order chi connectivity index (χ1) is 3.83. The standard InChI is InChI=1S/C4H5N3O/c5-1-3-2-6-4(8)7-3/h2H,1,5H2. The molecule has 1 aliphatic heterocycles. The molecule has 8 heavy (non-hydrogen) atoms. The summed E-state index contributed by atoms with van der Waals surface area (Å²) < 4.78 is 0. The molecule has 0 aromatic carbocycles. The van der Waals surface area contributed by atoms with Crippen LogP contribution in [-0.2, 0) is 0 Å². The van der Waals surface area contributed by atoms with E-state index in [0.29, 0.717) is 5.71 Å². The minimum atomic E-state index is -0.453. The van der Waals surface area contributed by atoms with E-state index in [0.717, 1.165) is 0 Å². The Morgan fingerprint density at radius 2 is 2.50 bits per heavy atom. The van der Waals surface area contributed by atoms with Crippen molar-refractivity contribution in [3.8, 4) is 0 Å². The smallest absolute Gasteiger partial charge is 0.325 e. The zero-order chi connectivity index (χ0) is 5.98. The molecule has 0 fully saturated rings. The molecule has 0 aromatic rings. The number of carbonyl (C=O) groups excluding carboxylic acids is 1. The Bertz CT molecular complexity index is 170. The Kier molecular flexibility index (Phi) is 1.17. The molecular formula is C4H5N3O. The molecule has 2 N–H and O–H groups in total. The Labute approximate surface area is 46.1 Å². The lowest BCUT2D eigenvalue weighted by molar-refractivity contribution is 0.257. The van der Waals surface area contributed by atoms with E-state index in [9.17, 15) is 4.79 Å². The van der Waals surface area contributed by atoms with Crippen molar-refractivity contribution in [3.05, 3.63) is 0 Å². The van der Waals surface area contributed by atoms with Gasteiger partial charge in [0.15, 0.2) is 0 Å². The lowest BCUT2D eigenvalue weighted by Gasteiger charge is -1.80. The summed E-state index contributed by atoms with van der Waals surface area (Å²) in [6.45, 7) is 0.287. The highest BCUT2D eigenvalue weighted by atomic mass is 16.2. The van der Waals surface area contributed by atoms with Crippen molar-refractivity contribution in [2.24, 2.45) is 15.7 Å². The largest absolute Gasteiger partial charge is 0.367 e. The van der Waals surface area contributed by atoms with E-state index in [1.165, 1.54) is 6.21 Å². The zero-order valence-corrected chi connectivity index (χ0v) is 4.16.